The van der Waals surface area contributed by atoms with E-state index in [9.17, 15) is 9.59 Å². The monoisotopic (exact) mass is 334 g/mol. The van der Waals surface area contributed by atoms with Crippen molar-refractivity contribution in [2.45, 2.75) is 0 Å². The van der Waals surface area contributed by atoms with Crippen LogP contribution in [0.3, 0.4) is 0 Å². The number of carbonyl (C=O) groups is 2. The molecule has 1 amide bonds. The summed E-state index contributed by atoms with van der Waals surface area (Å²) in [5, 5.41) is 8.98. The lowest BCUT2D eigenvalue weighted by molar-refractivity contribution is -0.135. The molecule has 0 bridgehead atoms. The number of anilines is 1. The van der Waals surface area contributed by atoms with E-state index in [1.807, 2.05) is 0 Å². The molecule has 1 aromatic heterocycles. The van der Waals surface area contributed by atoms with Crippen LogP contribution in [-0.2, 0) is 4.79 Å². The summed E-state index contributed by atoms with van der Waals surface area (Å²) >= 11 is 3.25. The highest BCUT2D eigenvalue weighted by Gasteiger charge is 2.23. The molecule has 2 aromatic rings. The molecular weight excluding hydrogens is 324 g/mol. The maximum absolute atomic E-state index is 12.5. The van der Waals surface area contributed by atoms with E-state index >= 15 is 0 Å². The van der Waals surface area contributed by atoms with Crippen molar-refractivity contribution in [2.24, 2.45) is 0 Å². The van der Waals surface area contributed by atoms with Crippen molar-refractivity contribution in [1.82, 2.24) is 4.98 Å². The lowest BCUT2D eigenvalue weighted by Gasteiger charge is -2.20. The van der Waals surface area contributed by atoms with Gasteiger partial charge in [-0.3, -0.25) is 14.5 Å². The zero-order chi connectivity index (χ0) is 14.5. The Labute approximate surface area is 124 Å². The standard InChI is InChI=1S/C14H11BrN2O3/c15-11-7-4-8-16-13(11)14(20)17(9-12(18)19)10-5-2-1-3-6-10/h1-8H,9H2,(H,18,19). The Bertz CT molecular complexity index is 631. The molecule has 5 nitrogen and oxygen atoms in total. The first-order valence-corrected chi connectivity index (χ1v) is 6.58. The molecule has 0 spiro atoms. The second kappa shape index (κ2) is 6.29. The van der Waals surface area contributed by atoms with Crippen LogP contribution in [0.4, 0.5) is 5.69 Å². The highest BCUT2D eigenvalue weighted by Crippen LogP contribution is 2.20. The number of carboxylic acids is 1. The van der Waals surface area contributed by atoms with Crippen LogP contribution in [0, 0.1) is 0 Å². The number of para-hydroxylation sites is 1. The number of carboxylic acid groups (broad SMARTS) is 1. The van der Waals surface area contributed by atoms with Gasteiger partial charge in [-0.1, -0.05) is 18.2 Å². The van der Waals surface area contributed by atoms with Crippen LogP contribution in [0.1, 0.15) is 10.5 Å². The fourth-order valence-corrected chi connectivity index (χ4v) is 2.12. The number of nitrogens with zero attached hydrogens (tertiary/aromatic N) is 2. The second-order valence-corrected chi connectivity index (χ2v) is 4.81. The Kier molecular flexibility index (Phi) is 4.47. The lowest BCUT2D eigenvalue weighted by atomic mass is 10.2. The third-order valence-corrected chi connectivity index (χ3v) is 3.21. The molecular formula is C14H11BrN2O3. The van der Waals surface area contributed by atoms with Gasteiger partial charge < -0.3 is 5.11 Å². The lowest BCUT2D eigenvalue weighted by Crippen LogP contribution is -2.36. The van der Waals surface area contributed by atoms with Gasteiger partial charge in [-0.05, 0) is 40.2 Å². The average Bonchev–Trinajstić information content (AvgIpc) is 2.45. The van der Waals surface area contributed by atoms with Crippen LogP contribution in [0.2, 0.25) is 0 Å². The zero-order valence-electron chi connectivity index (χ0n) is 10.4. The molecule has 102 valence electrons. The number of halogens is 1. The summed E-state index contributed by atoms with van der Waals surface area (Å²) in [4.78, 5) is 28.6. The molecule has 0 saturated heterocycles. The predicted octanol–water partition coefficient (Wildman–Crippen LogP) is 2.58. The van der Waals surface area contributed by atoms with Gasteiger partial charge in [-0.2, -0.15) is 0 Å². The minimum atomic E-state index is -1.09. The molecule has 1 heterocycles. The van der Waals surface area contributed by atoms with Crippen LogP contribution in [0.25, 0.3) is 0 Å². The maximum Gasteiger partial charge on any atom is 0.323 e. The fourth-order valence-electron chi connectivity index (χ4n) is 1.69. The summed E-state index contributed by atoms with van der Waals surface area (Å²) in [6.45, 7) is -0.425. The van der Waals surface area contributed by atoms with Gasteiger partial charge in [0.15, 0.2) is 0 Å². The van der Waals surface area contributed by atoms with E-state index < -0.39 is 18.4 Å². The van der Waals surface area contributed by atoms with Crippen molar-refractivity contribution < 1.29 is 14.7 Å². The van der Waals surface area contributed by atoms with Gasteiger partial charge >= 0.3 is 5.97 Å². The number of carbonyl (C=O) groups excluding carboxylic acids is 1. The van der Waals surface area contributed by atoms with E-state index in [1.165, 1.54) is 11.1 Å². The van der Waals surface area contributed by atoms with Crippen molar-refractivity contribution in [3.8, 4) is 0 Å². The minimum Gasteiger partial charge on any atom is -0.480 e. The fraction of sp³-hybridized carbons (Fsp3) is 0.0714. The van der Waals surface area contributed by atoms with Gasteiger partial charge in [0, 0.05) is 16.4 Å². The van der Waals surface area contributed by atoms with E-state index in [-0.39, 0.29) is 5.69 Å². The van der Waals surface area contributed by atoms with Gasteiger partial charge in [0.05, 0.1) is 0 Å². The topological polar surface area (TPSA) is 70.5 Å². The van der Waals surface area contributed by atoms with Crippen LogP contribution >= 0.6 is 15.9 Å². The second-order valence-electron chi connectivity index (χ2n) is 3.95. The average molecular weight is 335 g/mol. The molecule has 20 heavy (non-hydrogen) atoms. The Morgan fingerprint density at radius 2 is 1.85 bits per heavy atom. The van der Waals surface area contributed by atoms with Crippen LogP contribution in [0.5, 0.6) is 0 Å². The zero-order valence-corrected chi connectivity index (χ0v) is 11.9. The Morgan fingerprint density at radius 3 is 2.45 bits per heavy atom. The predicted molar refractivity (Wildman–Crippen MR) is 77.7 cm³/mol. The van der Waals surface area contributed by atoms with Crippen LogP contribution < -0.4 is 4.90 Å². The highest BCUT2D eigenvalue weighted by molar-refractivity contribution is 9.10. The Morgan fingerprint density at radius 1 is 1.15 bits per heavy atom. The number of aromatic nitrogens is 1. The van der Waals surface area contributed by atoms with Gasteiger partial charge in [-0.25, -0.2) is 4.98 Å². The maximum atomic E-state index is 12.5. The molecule has 1 aromatic carbocycles. The number of amides is 1. The van der Waals surface area contributed by atoms with E-state index in [2.05, 4.69) is 20.9 Å². The SMILES string of the molecule is O=C(O)CN(C(=O)c1ncccc1Br)c1ccccc1. The molecule has 0 aliphatic carbocycles. The van der Waals surface area contributed by atoms with E-state index in [4.69, 9.17) is 5.11 Å². The van der Waals surface area contributed by atoms with Crippen molar-refractivity contribution in [1.29, 1.82) is 0 Å². The third kappa shape index (κ3) is 3.21. The molecule has 0 aliphatic rings. The molecule has 2 rings (SSSR count). The molecule has 0 saturated carbocycles. The molecule has 0 radical (unpaired) electrons. The first-order valence-electron chi connectivity index (χ1n) is 5.79. The van der Waals surface area contributed by atoms with Crippen molar-refractivity contribution in [2.75, 3.05) is 11.4 Å². The summed E-state index contributed by atoms with van der Waals surface area (Å²) in [6.07, 6.45) is 1.49. The molecule has 6 heteroatoms. The largest absolute Gasteiger partial charge is 0.480 e. The quantitative estimate of drug-likeness (QED) is 0.932. The molecule has 1 N–H and O–H groups in total. The van der Waals surface area contributed by atoms with Gasteiger partial charge in [0.2, 0.25) is 0 Å². The number of rotatable bonds is 4. The molecule has 0 aliphatic heterocycles. The third-order valence-electron chi connectivity index (χ3n) is 2.57. The smallest absolute Gasteiger partial charge is 0.323 e. The van der Waals surface area contributed by atoms with Crippen LogP contribution in [0.15, 0.2) is 53.1 Å². The molecule has 0 atom stereocenters. The number of aliphatic carboxylic acids is 1. The van der Waals surface area contributed by atoms with Gasteiger partial charge in [0.25, 0.3) is 5.91 Å². The van der Waals surface area contributed by atoms with E-state index in [0.29, 0.717) is 10.2 Å². The molecule has 0 fully saturated rings. The van der Waals surface area contributed by atoms with E-state index in [0.717, 1.165) is 0 Å². The van der Waals surface area contributed by atoms with Crippen LogP contribution in [-0.4, -0.2) is 28.5 Å². The van der Waals surface area contributed by atoms with Crippen molar-refractivity contribution >= 4 is 33.5 Å². The first kappa shape index (κ1) is 14.2. The van der Waals surface area contributed by atoms with Crippen molar-refractivity contribution in [3.05, 3.63) is 58.8 Å². The minimum absolute atomic E-state index is 0.178. The highest BCUT2D eigenvalue weighted by atomic mass is 79.9. The van der Waals surface area contributed by atoms with Gasteiger partial charge in [-0.15, -0.1) is 0 Å². The summed E-state index contributed by atoms with van der Waals surface area (Å²) in [7, 11) is 0. The number of pyridine rings is 1. The van der Waals surface area contributed by atoms with Crippen molar-refractivity contribution in [3.63, 3.8) is 0 Å². The Balaban J connectivity index is 2.40. The van der Waals surface area contributed by atoms with E-state index in [1.54, 1.807) is 42.5 Å². The first-order chi connectivity index (χ1) is 9.59. The molecule has 0 unspecified atom stereocenters. The number of hydrogen-bond donors (Lipinski definition) is 1. The summed E-state index contributed by atoms with van der Waals surface area (Å²) < 4.78 is 0.524. The Hall–Kier alpha value is -2.21. The van der Waals surface area contributed by atoms with Gasteiger partial charge in [0.1, 0.15) is 12.2 Å². The normalized spacial score (nSPS) is 10.1. The number of hydrogen-bond acceptors (Lipinski definition) is 3. The summed E-state index contributed by atoms with van der Waals surface area (Å²) in [6, 6.07) is 12.0. The summed E-state index contributed by atoms with van der Waals surface area (Å²) in [5.74, 6) is -1.56. The number of benzene rings is 1. The summed E-state index contributed by atoms with van der Waals surface area (Å²) in [5.41, 5.74) is 0.690.